The number of anilines is 1. The Hall–Kier alpha value is -2.62. The number of amides is 1. The van der Waals surface area contributed by atoms with E-state index >= 15 is 0 Å². The van der Waals surface area contributed by atoms with Crippen molar-refractivity contribution in [2.45, 2.75) is 24.2 Å². The molecule has 0 aliphatic rings. The molecule has 0 saturated carbocycles. The molecule has 1 atom stereocenters. The van der Waals surface area contributed by atoms with Gasteiger partial charge in [-0.15, -0.1) is 10.2 Å². The average Bonchev–Trinajstić information content (AvgIpc) is 3.10. The lowest BCUT2D eigenvalue weighted by Gasteiger charge is -2.19. The molecule has 0 spiro atoms. The molecule has 140 valence electrons. The smallest absolute Gasteiger partial charge is 0.270 e. The van der Waals surface area contributed by atoms with Crippen LogP contribution in [0.25, 0.3) is 0 Å². The summed E-state index contributed by atoms with van der Waals surface area (Å²) in [5.41, 5.74) is 2.69. The van der Waals surface area contributed by atoms with Crippen molar-refractivity contribution in [2.24, 2.45) is 0 Å². The maximum absolute atomic E-state index is 12.8. The van der Waals surface area contributed by atoms with Gasteiger partial charge in [-0.05, 0) is 18.1 Å². The van der Waals surface area contributed by atoms with Gasteiger partial charge in [0.1, 0.15) is 0 Å². The van der Waals surface area contributed by atoms with Gasteiger partial charge in [0, 0.05) is 6.92 Å². The third kappa shape index (κ3) is 4.76. The first-order valence-corrected chi connectivity index (χ1v) is 10.4. The van der Waals surface area contributed by atoms with Gasteiger partial charge >= 0.3 is 0 Å². The molecule has 3 aromatic rings. The van der Waals surface area contributed by atoms with Crippen molar-refractivity contribution in [3.8, 4) is 0 Å². The second kappa shape index (κ2) is 7.95. The number of carbonyl (C=O) groups is 1. The van der Waals surface area contributed by atoms with Crippen molar-refractivity contribution in [1.29, 1.82) is 0 Å². The minimum atomic E-state index is -3.94. The van der Waals surface area contributed by atoms with Crippen molar-refractivity contribution >= 4 is 32.4 Å². The largest absolute Gasteiger partial charge is 0.301 e. The highest BCUT2D eigenvalue weighted by molar-refractivity contribution is 7.91. The Labute approximate surface area is 161 Å². The highest BCUT2D eigenvalue weighted by atomic mass is 32.2. The van der Waals surface area contributed by atoms with Gasteiger partial charge in [0.2, 0.25) is 15.4 Å². The summed E-state index contributed by atoms with van der Waals surface area (Å²) in [4.78, 5) is 11.1. The number of hydrogen-bond donors (Lipinski definition) is 2. The monoisotopic (exact) mass is 402 g/mol. The molecule has 2 N–H and O–H groups in total. The molecule has 0 saturated heterocycles. The van der Waals surface area contributed by atoms with Crippen LogP contribution in [-0.2, 0) is 14.8 Å². The van der Waals surface area contributed by atoms with E-state index in [4.69, 9.17) is 0 Å². The van der Waals surface area contributed by atoms with Crippen LogP contribution in [0.5, 0.6) is 0 Å². The molecular formula is C18H18N4O3S2. The normalized spacial score (nSPS) is 12.5. The van der Waals surface area contributed by atoms with Gasteiger partial charge in [0.15, 0.2) is 0 Å². The number of nitrogens with zero attached hydrogens (tertiary/aromatic N) is 2. The Morgan fingerprint density at radius 2 is 1.63 bits per heavy atom. The molecular weight excluding hydrogens is 384 g/mol. The molecule has 0 unspecified atom stereocenters. The molecule has 0 fully saturated rings. The van der Waals surface area contributed by atoms with E-state index in [-0.39, 0.29) is 15.4 Å². The predicted octanol–water partition coefficient (Wildman–Crippen LogP) is 2.87. The zero-order valence-electron chi connectivity index (χ0n) is 14.7. The van der Waals surface area contributed by atoms with Crippen molar-refractivity contribution in [3.05, 3.63) is 71.3 Å². The number of aromatic nitrogens is 2. The number of benzene rings is 2. The Bertz CT molecular complexity index is 1030. The Kier molecular flexibility index (Phi) is 5.64. The van der Waals surface area contributed by atoms with Crippen LogP contribution in [0.4, 0.5) is 5.13 Å². The zero-order chi connectivity index (χ0) is 19.4. The zero-order valence-corrected chi connectivity index (χ0v) is 16.3. The summed E-state index contributed by atoms with van der Waals surface area (Å²) in [6.45, 7) is 3.28. The van der Waals surface area contributed by atoms with Gasteiger partial charge in [0.25, 0.3) is 10.0 Å². The number of nitrogens with one attached hydrogen (secondary N) is 2. The van der Waals surface area contributed by atoms with E-state index in [9.17, 15) is 13.2 Å². The van der Waals surface area contributed by atoms with E-state index in [1.807, 2.05) is 61.5 Å². The molecule has 1 aromatic heterocycles. The van der Waals surface area contributed by atoms with Crippen LogP contribution in [0.3, 0.4) is 0 Å². The summed E-state index contributed by atoms with van der Waals surface area (Å²) in [5.74, 6) is -0.343. The van der Waals surface area contributed by atoms with E-state index in [1.165, 1.54) is 6.92 Å². The van der Waals surface area contributed by atoms with Gasteiger partial charge in [-0.25, -0.2) is 8.42 Å². The lowest BCUT2D eigenvalue weighted by Crippen LogP contribution is -2.29. The summed E-state index contributed by atoms with van der Waals surface area (Å²) in [6.07, 6.45) is 0. The molecule has 0 aliphatic heterocycles. The van der Waals surface area contributed by atoms with Crippen LogP contribution in [0.2, 0.25) is 0 Å². The fraction of sp³-hybridized carbons (Fsp3) is 0.167. The topological polar surface area (TPSA) is 101 Å². The fourth-order valence-electron chi connectivity index (χ4n) is 2.46. The van der Waals surface area contributed by atoms with Crippen LogP contribution in [0.1, 0.15) is 29.7 Å². The number of sulfonamides is 1. The molecule has 27 heavy (non-hydrogen) atoms. The van der Waals surface area contributed by atoms with Gasteiger partial charge in [-0.3, -0.25) is 4.79 Å². The van der Waals surface area contributed by atoms with Gasteiger partial charge in [-0.2, -0.15) is 4.72 Å². The first-order valence-electron chi connectivity index (χ1n) is 8.10. The average molecular weight is 403 g/mol. The van der Waals surface area contributed by atoms with Crippen LogP contribution in [-0.4, -0.2) is 24.5 Å². The molecule has 0 radical (unpaired) electrons. The summed E-state index contributed by atoms with van der Waals surface area (Å²) < 4.78 is 28.2. The third-order valence-corrected chi connectivity index (χ3v) is 6.36. The first kappa shape index (κ1) is 19.2. The lowest BCUT2D eigenvalue weighted by atomic mass is 9.99. The van der Waals surface area contributed by atoms with Crippen molar-refractivity contribution in [3.63, 3.8) is 0 Å². The van der Waals surface area contributed by atoms with Crippen LogP contribution >= 0.6 is 11.3 Å². The Morgan fingerprint density at radius 1 is 1.00 bits per heavy atom. The van der Waals surface area contributed by atoms with E-state index in [0.29, 0.717) is 0 Å². The van der Waals surface area contributed by atoms with Gasteiger partial charge in [-0.1, -0.05) is 71.5 Å². The molecule has 3 rings (SSSR count). The number of aryl methyl sites for hydroxylation is 1. The van der Waals surface area contributed by atoms with E-state index < -0.39 is 16.1 Å². The van der Waals surface area contributed by atoms with Crippen LogP contribution in [0, 0.1) is 6.92 Å². The van der Waals surface area contributed by atoms with E-state index in [2.05, 4.69) is 20.2 Å². The van der Waals surface area contributed by atoms with Crippen LogP contribution in [0.15, 0.2) is 58.9 Å². The van der Waals surface area contributed by atoms with Gasteiger partial charge in [0.05, 0.1) is 6.04 Å². The highest BCUT2D eigenvalue weighted by Crippen LogP contribution is 2.27. The summed E-state index contributed by atoms with van der Waals surface area (Å²) in [5, 5.41) is 9.97. The Morgan fingerprint density at radius 3 is 2.26 bits per heavy atom. The van der Waals surface area contributed by atoms with Crippen LogP contribution < -0.4 is 10.0 Å². The van der Waals surface area contributed by atoms with Crippen molar-refractivity contribution in [1.82, 2.24) is 14.9 Å². The van der Waals surface area contributed by atoms with Crippen molar-refractivity contribution < 1.29 is 13.2 Å². The number of hydrogen-bond acceptors (Lipinski definition) is 6. The van der Waals surface area contributed by atoms with E-state index in [1.54, 1.807) is 0 Å². The standard InChI is InChI=1S/C18H18N4O3S2/c1-12-8-10-15(11-9-12)16(14-6-4-3-5-7-14)22-27(24,25)18-21-20-17(26-18)19-13(2)23/h3-11,16,22H,1-2H3,(H,19,20,23)/t16-/m0/s1. The minimum Gasteiger partial charge on any atom is -0.301 e. The maximum atomic E-state index is 12.8. The molecule has 2 aromatic carbocycles. The summed E-state index contributed by atoms with van der Waals surface area (Å²) >= 11 is 0.798. The number of carbonyl (C=O) groups excluding carboxylic acids is 1. The maximum Gasteiger partial charge on any atom is 0.270 e. The minimum absolute atomic E-state index is 0.134. The SMILES string of the molecule is CC(=O)Nc1nnc(S(=O)(=O)N[C@@H](c2ccccc2)c2ccc(C)cc2)s1. The molecule has 0 bridgehead atoms. The van der Waals surface area contributed by atoms with Gasteiger partial charge < -0.3 is 5.32 Å². The van der Waals surface area contributed by atoms with Crippen molar-refractivity contribution in [2.75, 3.05) is 5.32 Å². The molecule has 1 amide bonds. The predicted molar refractivity (Wildman–Crippen MR) is 104 cm³/mol. The van der Waals surface area contributed by atoms with E-state index in [0.717, 1.165) is 28.0 Å². The second-order valence-electron chi connectivity index (χ2n) is 5.93. The molecule has 7 nitrogen and oxygen atoms in total. The summed E-state index contributed by atoms with van der Waals surface area (Å²) in [6, 6.07) is 16.3. The second-order valence-corrected chi connectivity index (χ2v) is 8.80. The lowest BCUT2D eigenvalue weighted by molar-refractivity contribution is -0.114. The quantitative estimate of drug-likeness (QED) is 0.618. The summed E-state index contributed by atoms with van der Waals surface area (Å²) in [7, 11) is -3.94. The first-order chi connectivity index (χ1) is 12.8. The molecule has 1 heterocycles. The molecule has 9 heteroatoms. The highest BCUT2D eigenvalue weighted by Gasteiger charge is 2.26. The third-order valence-electron chi connectivity index (χ3n) is 3.74. The Balaban J connectivity index is 1.94. The number of rotatable bonds is 6. The fourth-order valence-corrected chi connectivity index (χ4v) is 4.63. The molecule has 0 aliphatic carbocycles.